The predicted octanol–water partition coefficient (Wildman–Crippen LogP) is 2.64. The van der Waals surface area contributed by atoms with E-state index in [1.165, 1.54) is 30.4 Å². The summed E-state index contributed by atoms with van der Waals surface area (Å²) in [5, 5.41) is 13.3. The van der Waals surface area contributed by atoms with Crippen LogP contribution < -0.4 is 5.32 Å². The molecule has 2 nitrogen and oxygen atoms in total. The van der Waals surface area contributed by atoms with Gasteiger partial charge in [-0.1, -0.05) is 42.7 Å². The Bertz CT molecular complexity index is 333. The first-order chi connectivity index (χ1) is 8.25. The fourth-order valence-corrected chi connectivity index (χ4v) is 2.53. The highest BCUT2D eigenvalue weighted by molar-refractivity contribution is 5.21. The van der Waals surface area contributed by atoms with Crippen molar-refractivity contribution in [3.8, 4) is 0 Å². The molecule has 2 atom stereocenters. The van der Waals surface area contributed by atoms with E-state index in [0.29, 0.717) is 5.92 Å². The molecule has 0 heterocycles. The second kappa shape index (κ2) is 6.18. The van der Waals surface area contributed by atoms with Gasteiger partial charge < -0.3 is 10.4 Å². The third kappa shape index (κ3) is 3.83. The summed E-state index contributed by atoms with van der Waals surface area (Å²) in [6.07, 6.45) is 4.52. The van der Waals surface area contributed by atoms with Crippen molar-refractivity contribution in [1.82, 2.24) is 5.32 Å². The van der Waals surface area contributed by atoms with Crippen LogP contribution in [-0.2, 0) is 6.54 Å². The van der Waals surface area contributed by atoms with Gasteiger partial charge in [0.25, 0.3) is 0 Å². The van der Waals surface area contributed by atoms with Crippen LogP contribution in [0.1, 0.15) is 36.8 Å². The Balaban J connectivity index is 1.73. The fourth-order valence-electron chi connectivity index (χ4n) is 2.53. The lowest BCUT2D eigenvalue weighted by Gasteiger charge is -2.27. The third-order valence-electron chi connectivity index (χ3n) is 3.73. The lowest BCUT2D eigenvalue weighted by atomic mass is 9.86. The van der Waals surface area contributed by atoms with Gasteiger partial charge in [0.2, 0.25) is 0 Å². The second-order valence-corrected chi connectivity index (χ2v) is 5.23. The van der Waals surface area contributed by atoms with Gasteiger partial charge in [-0.3, -0.25) is 0 Å². The van der Waals surface area contributed by atoms with Gasteiger partial charge in [0, 0.05) is 13.1 Å². The van der Waals surface area contributed by atoms with Crippen LogP contribution in [-0.4, -0.2) is 17.8 Å². The standard InChI is InChI=1S/C15H23NO/c1-12-6-8-13(9-7-12)10-16-11-14-4-2-3-5-15(14)17/h6-9,14-17H,2-5,10-11H2,1H3. The van der Waals surface area contributed by atoms with Crippen molar-refractivity contribution < 1.29 is 5.11 Å². The summed E-state index contributed by atoms with van der Waals surface area (Å²) in [4.78, 5) is 0. The molecular formula is C15H23NO. The number of nitrogens with one attached hydrogen (secondary N) is 1. The zero-order valence-electron chi connectivity index (χ0n) is 10.7. The second-order valence-electron chi connectivity index (χ2n) is 5.23. The van der Waals surface area contributed by atoms with Gasteiger partial charge in [0.1, 0.15) is 0 Å². The fraction of sp³-hybridized carbons (Fsp3) is 0.600. The summed E-state index contributed by atoms with van der Waals surface area (Å²) in [6.45, 7) is 3.95. The maximum absolute atomic E-state index is 9.86. The van der Waals surface area contributed by atoms with E-state index >= 15 is 0 Å². The van der Waals surface area contributed by atoms with Gasteiger partial charge in [-0.2, -0.15) is 0 Å². The highest BCUT2D eigenvalue weighted by Gasteiger charge is 2.22. The molecule has 0 bridgehead atoms. The molecule has 17 heavy (non-hydrogen) atoms. The summed E-state index contributed by atoms with van der Waals surface area (Å²) in [5.74, 6) is 0.453. The molecule has 2 unspecified atom stereocenters. The average Bonchev–Trinajstić information content (AvgIpc) is 2.34. The number of aryl methyl sites for hydroxylation is 1. The Labute approximate surface area is 104 Å². The molecule has 1 aliphatic carbocycles. The number of benzene rings is 1. The molecule has 0 radical (unpaired) electrons. The van der Waals surface area contributed by atoms with Crippen molar-refractivity contribution >= 4 is 0 Å². The monoisotopic (exact) mass is 233 g/mol. The molecule has 0 spiro atoms. The van der Waals surface area contributed by atoms with Gasteiger partial charge in [0.05, 0.1) is 6.10 Å². The summed E-state index contributed by atoms with van der Waals surface area (Å²) < 4.78 is 0. The summed E-state index contributed by atoms with van der Waals surface area (Å²) in [5.41, 5.74) is 2.62. The molecule has 1 saturated carbocycles. The van der Waals surface area contributed by atoms with Gasteiger partial charge in [0.15, 0.2) is 0 Å². The average molecular weight is 233 g/mol. The van der Waals surface area contributed by atoms with Gasteiger partial charge in [-0.05, 0) is 31.2 Å². The highest BCUT2D eigenvalue weighted by Crippen LogP contribution is 2.23. The van der Waals surface area contributed by atoms with Crippen LogP contribution in [0.3, 0.4) is 0 Å². The van der Waals surface area contributed by atoms with Crippen LogP contribution in [0.5, 0.6) is 0 Å². The maximum atomic E-state index is 9.86. The highest BCUT2D eigenvalue weighted by atomic mass is 16.3. The minimum atomic E-state index is -0.0886. The molecule has 0 aliphatic heterocycles. The minimum absolute atomic E-state index is 0.0886. The van der Waals surface area contributed by atoms with E-state index in [4.69, 9.17) is 0 Å². The van der Waals surface area contributed by atoms with Crippen LogP contribution in [0.15, 0.2) is 24.3 Å². The Morgan fingerprint density at radius 2 is 1.88 bits per heavy atom. The zero-order chi connectivity index (χ0) is 12.1. The van der Waals surface area contributed by atoms with Crippen LogP contribution in [0, 0.1) is 12.8 Å². The molecule has 2 rings (SSSR count). The van der Waals surface area contributed by atoms with Crippen LogP contribution in [0.2, 0.25) is 0 Å². The van der Waals surface area contributed by atoms with Gasteiger partial charge >= 0.3 is 0 Å². The van der Waals surface area contributed by atoms with E-state index in [0.717, 1.165) is 19.5 Å². The number of aliphatic hydroxyl groups excluding tert-OH is 1. The maximum Gasteiger partial charge on any atom is 0.0580 e. The number of hydrogen-bond acceptors (Lipinski definition) is 2. The molecule has 1 aromatic rings. The minimum Gasteiger partial charge on any atom is -0.393 e. The van der Waals surface area contributed by atoms with Crippen molar-refractivity contribution in [3.05, 3.63) is 35.4 Å². The first kappa shape index (κ1) is 12.6. The molecule has 2 N–H and O–H groups in total. The van der Waals surface area contributed by atoms with Gasteiger partial charge in [-0.25, -0.2) is 0 Å². The molecular weight excluding hydrogens is 210 g/mol. The molecule has 0 aromatic heterocycles. The first-order valence-electron chi connectivity index (χ1n) is 6.70. The van der Waals surface area contributed by atoms with E-state index < -0.39 is 0 Å². The summed E-state index contributed by atoms with van der Waals surface area (Å²) in [6, 6.07) is 8.62. The Morgan fingerprint density at radius 1 is 1.18 bits per heavy atom. The van der Waals surface area contributed by atoms with E-state index in [1.807, 2.05) is 0 Å². The lowest BCUT2D eigenvalue weighted by Crippen LogP contribution is -2.33. The molecule has 2 heteroatoms. The van der Waals surface area contributed by atoms with Crippen LogP contribution in [0.4, 0.5) is 0 Å². The molecule has 1 fully saturated rings. The van der Waals surface area contributed by atoms with E-state index in [9.17, 15) is 5.11 Å². The Morgan fingerprint density at radius 3 is 2.59 bits per heavy atom. The topological polar surface area (TPSA) is 32.3 Å². The lowest BCUT2D eigenvalue weighted by molar-refractivity contribution is 0.0695. The van der Waals surface area contributed by atoms with Crippen molar-refractivity contribution in [3.63, 3.8) is 0 Å². The normalized spacial score (nSPS) is 24.8. The molecule has 1 aromatic carbocycles. The van der Waals surface area contributed by atoms with Crippen molar-refractivity contribution in [2.24, 2.45) is 5.92 Å². The smallest absolute Gasteiger partial charge is 0.0580 e. The SMILES string of the molecule is Cc1ccc(CNCC2CCCCC2O)cc1. The third-order valence-corrected chi connectivity index (χ3v) is 3.73. The van der Waals surface area contributed by atoms with Crippen molar-refractivity contribution in [2.75, 3.05) is 6.54 Å². The quantitative estimate of drug-likeness (QED) is 0.838. The van der Waals surface area contributed by atoms with Gasteiger partial charge in [-0.15, -0.1) is 0 Å². The summed E-state index contributed by atoms with van der Waals surface area (Å²) in [7, 11) is 0. The van der Waals surface area contributed by atoms with E-state index in [2.05, 4.69) is 36.5 Å². The Kier molecular flexibility index (Phi) is 4.57. The van der Waals surface area contributed by atoms with E-state index in [-0.39, 0.29) is 6.10 Å². The van der Waals surface area contributed by atoms with Crippen molar-refractivity contribution in [1.29, 1.82) is 0 Å². The van der Waals surface area contributed by atoms with Crippen LogP contribution in [0.25, 0.3) is 0 Å². The molecule has 0 saturated heterocycles. The van der Waals surface area contributed by atoms with Crippen molar-refractivity contribution in [2.45, 2.75) is 45.3 Å². The largest absolute Gasteiger partial charge is 0.393 e. The predicted molar refractivity (Wildman–Crippen MR) is 70.9 cm³/mol. The number of hydrogen-bond donors (Lipinski definition) is 2. The number of rotatable bonds is 4. The molecule has 0 amide bonds. The zero-order valence-corrected chi connectivity index (χ0v) is 10.7. The molecule has 1 aliphatic rings. The van der Waals surface area contributed by atoms with E-state index in [1.54, 1.807) is 0 Å². The summed E-state index contributed by atoms with van der Waals surface area (Å²) >= 11 is 0. The molecule has 94 valence electrons. The Hall–Kier alpha value is -0.860. The van der Waals surface area contributed by atoms with Crippen LogP contribution >= 0.6 is 0 Å². The number of aliphatic hydroxyl groups is 1. The first-order valence-corrected chi connectivity index (χ1v) is 6.70.